The summed E-state index contributed by atoms with van der Waals surface area (Å²) in [6.45, 7) is 13.6. The number of carbonyl (C=O) groups is 1. The van der Waals surface area contributed by atoms with Gasteiger partial charge in [-0.3, -0.25) is 14.4 Å². The Morgan fingerprint density at radius 1 is 1.30 bits per heavy atom. The van der Waals surface area contributed by atoms with Crippen molar-refractivity contribution in [2.75, 3.05) is 19.6 Å². The summed E-state index contributed by atoms with van der Waals surface area (Å²) in [6.07, 6.45) is 3.02. The van der Waals surface area contributed by atoms with Crippen LogP contribution in [-0.2, 0) is 4.79 Å². The molecule has 23 heavy (non-hydrogen) atoms. The maximum Gasteiger partial charge on any atom is 0.222 e. The summed E-state index contributed by atoms with van der Waals surface area (Å²) in [7, 11) is 0. The van der Waals surface area contributed by atoms with Crippen molar-refractivity contribution < 1.29 is 4.79 Å². The zero-order chi connectivity index (χ0) is 17.0. The minimum absolute atomic E-state index is 0.0924. The fourth-order valence-electron chi connectivity index (χ4n) is 3.38. The van der Waals surface area contributed by atoms with Crippen molar-refractivity contribution >= 4 is 5.91 Å². The first kappa shape index (κ1) is 18.0. The maximum absolute atomic E-state index is 12.2. The zero-order valence-electron chi connectivity index (χ0n) is 15.3. The van der Waals surface area contributed by atoms with Gasteiger partial charge < -0.3 is 5.32 Å². The summed E-state index contributed by atoms with van der Waals surface area (Å²) in [4.78, 5) is 14.7. The van der Waals surface area contributed by atoms with Crippen molar-refractivity contribution in [1.82, 2.24) is 20.0 Å². The normalized spacial score (nSPS) is 19.5. The summed E-state index contributed by atoms with van der Waals surface area (Å²) in [5.74, 6) is 0.955. The van der Waals surface area contributed by atoms with Crippen LogP contribution in [0.2, 0.25) is 0 Å². The molecule has 0 aliphatic carbocycles. The quantitative estimate of drug-likeness (QED) is 0.877. The number of amides is 1. The number of likely N-dealkylation sites (tertiary alicyclic amines) is 1. The van der Waals surface area contributed by atoms with E-state index in [1.54, 1.807) is 0 Å². The van der Waals surface area contributed by atoms with Gasteiger partial charge in [0, 0.05) is 24.7 Å². The summed E-state index contributed by atoms with van der Waals surface area (Å²) in [6, 6.07) is 2.55. The lowest BCUT2D eigenvalue weighted by Crippen LogP contribution is -2.45. The lowest BCUT2D eigenvalue weighted by Gasteiger charge is -2.35. The lowest BCUT2D eigenvalue weighted by molar-refractivity contribution is -0.122. The largest absolute Gasteiger partial charge is 0.354 e. The standard InChI is InChI=1S/C18H32N4O/c1-13-6-8-21(9-7-13)17(5)12-19-18(23)11-16(4)22-15(3)10-14(2)20-22/h10,13,16-17H,6-9,11-12H2,1-5H3,(H,19,23)/t16-,17+/m0/s1. The van der Waals surface area contributed by atoms with Crippen LogP contribution in [0.25, 0.3) is 0 Å². The van der Waals surface area contributed by atoms with Gasteiger partial charge in [0.1, 0.15) is 0 Å². The number of hydrogen-bond donors (Lipinski definition) is 1. The molecule has 1 aliphatic rings. The molecule has 0 radical (unpaired) electrons. The Hall–Kier alpha value is -1.36. The van der Waals surface area contributed by atoms with E-state index in [1.807, 2.05) is 24.6 Å². The lowest BCUT2D eigenvalue weighted by atomic mass is 9.98. The SMILES string of the molecule is Cc1cc(C)n([C@@H](C)CC(=O)NC[C@@H](C)N2CCC(C)CC2)n1. The van der Waals surface area contributed by atoms with Crippen LogP contribution in [0.3, 0.4) is 0 Å². The third kappa shape index (κ3) is 5.06. The second kappa shape index (κ2) is 7.95. The van der Waals surface area contributed by atoms with Crippen molar-refractivity contribution in [2.24, 2.45) is 5.92 Å². The molecule has 0 unspecified atom stereocenters. The summed E-state index contributed by atoms with van der Waals surface area (Å²) < 4.78 is 1.95. The van der Waals surface area contributed by atoms with E-state index < -0.39 is 0 Å². The molecule has 1 saturated heterocycles. The molecule has 1 N–H and O–H groups in total. The van der Waals surface area contributed by atoms with Crippen molar-refractivity contribution in [3.8, 4) is 0 Å². The smallest absolute Gasteiger partial charge is 0.222 e. The van der Waals surface area contributed by atoms with Crippen LogP contribution in [0.4, 0.5) is 0 Å². The third-order valence-corrected chi connectivity index (χ3v) is 4.98. The van der Waals surface area contributed by atoms with Crippen LogP contribution in [0.1, 0.15) is 57.5 Å². The maximum atomic E-state index is 12.2. The fourth-order valence-corrected chi connectivity index (χ4v) is 3.38. The predicted molar refractivity (Wildman–Crippen MR) is 93.5 cm³/mol. The number of nitrogens with one attached hydrogen (secondary N) is 1. The molecule has 0 aromatic carbocycles. The van der Waals surface area contributed by atoms with E-state index in [1.165, 1.54) is 12.8 Å². The van der Waals surface area contributed by atoms with Crippen LogP contribution in [-0.4, -0.2) is 46.3 Å². The Balaban J connectivity index is 1.75. The van der Waals surface area contributed by atoms with E-state index in [2.05, 4.69) is 36.1 Å². The van der Waals surface area contributed by atoms with Gasteiger partial charge in [0.2, 0.25) is 5.91 Å². The van der Waals surface area contributed by atoms with Crippen molar-refractivity contribution in [2.45, 2.75) is 66.0 Å². The van der Waals surface area contributed by atoms with E-state index >= 15 is 0 Å². The molecule has 0 saturated carbocycles. The monoisotopic (exact) mass is 320 g/mol. The highest BCUT2D eigenvalue weighted by Gasteiger charge is 2.21. The number of aromatic nitrogens is 2. The molecule has 130 valence electrons. The van der Waals surface area contributed by atoms with E-state index in [4.69, 9.17) is 0 Å². The molecule has 1 aromatic heterocycles. The molecular weight excluding hydrogens is 288 g/mol. The minimum Gasteiger partial charge on any atom is -0.354 e. The average molecular weight is 320 g/mol. The number of aryl methyl sites for hydroxylation is 2. The minimum atomic E-state index is 0.0924. The molecule has 1 fully saturated rings. The third-order valence-electron chi connectivity index (χ3n) is 4.98. The van der Waals surface area contributed by atoms with Gasteiger partial charge in [-0.15, -0.1) is 0 Å². The van der Waals surface area contributed by atoms with Crippen molar-refractivity contribution in [1.29, 1.82) is 0 Å². The number of hydrogen-bond acceptors (Lipinski definition) is 3. The van der Waals surface area contributed by atoms with E-state index in [0.717, 1.165) is 36.9 Å². The fraction of sp³-hybridized carbons (Fsp3) is 0.778. The van der Waals surface area contributed by atoms with Gasteiger partial charge in [-0.05, 0) is 65.6 Å². The van der Waals surface area contributed by atoms with Gasteiger partial charge in [0.15, 0.2) is 0 Å². The highest BCUT2D eigenvalue weighted by atomic mass is 16.1. The molecule has 1 aromatic rings. The van der Waals surface area contributed by atoms with Crippen LogP contribution in [0.5, 0.6) is 0 Å². The van der Waals surface area contributed by atoms with Crippen molar-refractivity contribution in [3.05, 3.63) is 17.5 Å². The molecule has 1 aliphatic heterocycles. The molecule has 0 spiro atoms. The van der Waals surface area contributed by atoms with Gasteiger partial charge in [-0.25, -0.2) is 0 Å². The summed E-state index contributed by atoms with van der Waals surface area (Å²) in [5.41, 5.74) is 2.11. The van der Waals surface area contributed by atoms with E-state index in [9.17, 15) is 4.79 Å². The second-order valence-electron chi connectivity index (χ2n) is 7.30. The van der Waals surface area contributed by atoms with Crippen LogP contribution < -0.4 is 5.32 Å². The second-order valence-corrected chi connectivity index (χ2v) is 7.30. The molecule has 5 nitrogen and oxygen atoms in total. The molecule has 2 atom stereocenters. The predicted octanol–water partition coefficient (Wildman–Crippen LogP) is 2.69. The molecule has 0 bridgehead atoms. The van der Waals surface area contributed by atoms with Gasteiger partial charge >= 0.3 is 0 Å². The van der Waals surface area contributed by atoms with Crippen LogP contribution >= 0.6 is 0 Å². The Morgan fingerprint density at radius 2 is 1.96 bits per heavy atom. The first-order chi connectivity index (χ1) is 10.9. The summed E-state index contributed by atoms with van der Waals surface area (Å²) in [5, 5.41) is 7.56. The average Bonchev–Trinajstić information content (AvgIpc) is 2.84. The Labute approximate surface area is 140 Å². The van der Waals surface area contributed by atoms with Crippen molar-refractivity contribution in [3.63, 3.8) is 0 Å². The van der Waals surface area contributed by atoms with E-state index in [-0.39, 0.29) is 11.9 Å². The van der Waals surface area contributed by atoms with Crippen LogP contribution in [0.15, 0.2) is 6.07 Å². The number of rotatable bonds is 6. The number of carbonyl (C=O) groups excluding carboxylic acids is 1. The Kier molecular flexibility index (Phi) is 6.22. The van der Waals surface area contributed by atoms with Gasteiger partial charge in [0.25, 0.3) is 0 Å². The summed E-state index contributed by atoms with van der Waals surface area (Å²) >= 11 is 0. The highest BCUT2D eigenvalue weighted by Crippen LogP contribution is 2.18. The molecule has 1 amide bonds. The number of nitrogens with zero attached hydrogens (tertiary/aromatic N) is 3. The Morgan fingerprint density at radius 3 is 2.52 bits per heavy atom. The molecule has 2 heterocycles. The first-order valence-electron chi connectivity index (χ1n) is 8.90. The van der Waals surface area contributed by atoms with Gasteiger partial charge in [0.05, 0.1) is 11.7 Å². The van der Waals surface area contributed by atoms with E-state index in [0.29, 0.717) is 12.5 Å². The topological polar surface area (TPSA) is 50.2 Å². The van der Waals surface area contributed by atoms with Crippen LogP contribution in [0, 0.1) is 19.8 Å². The van der Waals surface area contributed by atoms with Gasteiger partial charge in [-0.2, -0.15) is 5.10 Å². The molecule has 2 rings (SSSR count). The first-order valence-corrected chi connectivity index (χ1v) is 8.90. The Bertz CT molecular complexity index is 517. The zero-order valence-corrected chi connectivity index (χ0v) is 15.3. The number of piperidine rings is 1. The highest BCUT2D eigenvalue weighted by molar-refractivity contribution is 5.76. The molecular formula is C18H32N4O. The molecule has 5 heteroatoms. The van der Waals surface area contributed by atoms with Gasteiger partial charge in [-0.1, -0.05) is 6.92 Å².